The van der Waals surface area contributed by atoms with Crippen LogP contribution in [0.5, 0.6) is 17.2 Å². The van der Waals surface area contributed by atoms with Gasteiger partial charge in [-0.05, 0) is 36.4 Å². The van der Waals surface area contributed by atoms with Gasteiger partial charge in [-0.1, -0.05) is 15.9 Å². The smallest absolute Gasteiger partial charge is 1.00 e. The van der Waals surface area contributed by atoms with Gasteiger partial charge in [0.1, 0.15) is 42.1 Å². The summed E-state index contributed by atoms with van der Waals surface area (Å²) >= 11 is 3.18. The van der Waals surface area contributed by atoms with Crippen LogP contribution in [0, 0.1) is 11.6 Å². The van der Waals surface area contributed by atoms with Crippen molar-refractivity contribution in [2.24, 2.45) is 0 Å². The van der Waals surface area contributed by atoms with Crippen LogP contribution in [0.4, 0.5) is 8.78 Å². The number of phenolic OH excluding ortho intramolecular Hbond substituents is 1. The van der Waals surface area contributed by atoms with Gasteiger partial charge in [0, 0.05) is 50.2 Å². The standard InChI is InChI=1S/C10H11FO3.C10H12N2O2.C7H5FO2.C3H7BrO.CH2O3.2K.H/c1-13-4-5-14-9-3-2-8(7-12)10(11)6-9;1-13-4-5-14-9-3-2-8-7-11-12-10(8)6-9;8-7-3-6(10)2-1-5(7)4-9;1-5-3-2-4;2-1-4-3;;;/h2-3,6-7H,4-5H2,1H3;2-3,6-7H,4-5H2,1H3,(H,11,12);1-4,10H;2-3H2,1H3;1,3H;;;/q;;;;;2*+1;-1/p-1. The Kier molecular flexibility index (Phi) is 37.5. The molecule has 0 aliphatic carbocycles. The first kappa shape index (κ1) is 52.2. The van der Waals surface area contributed by atoms with Gasteiger partial charge in [-0.2, -0.15) is 5.10 Å². The maximum Gasteiger partial charge on any atom is 1.00 e. The number of methoxy groups -OCH3 is 3. The fourth-order valence-corrected chi connectivity index (χ4v) is 3.20. The number of H-pyrrole nitrogens is 1. The molecular weight excluding hydrogens is 772 g/mol. The van der Waals surface area contributed by atoms with Crippen LogP contribution in [0.2, 0.25) is 0 Å². The van der Waals surface area contributed by atoms with Gasteiger partial charge in [0.15, 0.2) is 12.6 Å². The second-order valence-electron chi connectivity index (χ2n) is 8.30. The number of carbonyl (C=O) groups excluding carboxylic acids is 3. The zero-order valence-corrected chi connectivity index (χ0v) is 35.7. The van der Waals surface area contributed by atoms with Gasteiger partial charge in [0.05, 0.1) is 42.7 Å². The molecule has 3 aromatic carbocycles. The second-order valence-corrected chi connectivity index (χ2v) is 9.09. The van der Waals surface area contributed by atoms with Gasteiger partial charge >= 0.3 is 103 Å². The molecule has 0 radical (unpaired) electrons. The van der Waals surface area contributed by atoms with Crippen molar-refractivity contribution >= 4 is 45.9 Å². The number of rotatable bonds is 13. The minimum Gasteiger partial charge on any atom is -1.00 e. The van der Waals surface area contributed by atoms with E-state index in [1.165, 1.54) is 24.3 Å². The molecule has 1 aromatic heterocycles. The summed E-state index contributed by atoms with van der Waals surface area (Å²) in [6, 6.07) is 13.3. The third kappa shape index (κ3) is 25.4. The summed E-state index contributed by atoms with van der Waals surface area (Å²) < 4.78 is 50.4. The van der Waals surface area contributed by atoms with Crippen molar-refractivity contribution in [2.45, 2.75) is 0 Å². The van der Waals surface area contributed by atoms with Crippen LogP contribution in [0.1, 0.15) is 22.1 Å². The number of hydrogen-bond acceptors (Lipinski definition) is 12. The van der Waals surface area contributed by atoms with E-state index >= 15 is 0 Å². The predicted molar refractivity (Wildman–Crippen MR) is 170 cm³/mol. The normalized spacial score (nSPS) is 9.04. The molecule has 0 aliphatic heterocycles. The number of nitrogens with zero attached hydrogens (tertiary/aromatic N) is 1. The maximum absolute atomic E-state index is 13.0. The molecular formula is C31H37BrF2K2N2O11. The first-order valence-corrected chi connectivity index (χ1v) is 14.5. The molecule has 0 fully saturated rings. The molecule has 0 aliphatic rings. The van der Waals surface area contributed by atoms with Crippen LogP contribution in [0.3, 0.4) is 0 Å². The number of alkyl halides is 1. The zero-order chi connectivity index (χ0) is 35.3. The Labute approximate surface area is 377 Å². The minimum atomic E-state index is -0.699. The van der Waals surface area contributed by atoms with Crippen LogP contribution in [0.25, 0.3) is 10.9 Å². The molecule has 49 heavy (non-hydrogen) atoms. The summed E-state index contributed by atoms with van der Waals surface area (Å²) in [7, 11) is 4.89. The van der Waals surface area contributed by atoms with Crippen molar-refractivity contribution in [3.63, 3.8) is 0 Å². The van der Waals surface area contributed by atoms with Crippen LogP contribution >= 0.6 is 15.9 Å². The third-order valence-electron chi connectivity index (χ3n) is 5.06. The first-order chi connectivity index (χ1) is 22.7. The van der Waals surface area contributed by atoms with Gasteiger partial charge in [-0.3, -0.25) is 19.5 Å². The molecule has 260 valence electrons. The van der Waals surface area contributed by atoms with E-state index in [0.29, 0.717) is 44.7 Å². The fraction of sp³-hybridized carbons (Fsp3) is 0.290. The molecule has 0 unspecified atom stereocenters. The number of halogens is 3. The molecule has 0 saturated heterocycles. The number of ether oxygens (including phenoxy) is 5. The number of fused-ring (bicyclic) bond motifs is 1. The number of aromatic amines is 1. The summed E-state index contributed by atoms with van der Waals surface area (Å²) in [5.41, 5.74) is 0.974. The number of phenols is 1. The van der Waals surface area contributed by atoms with Crippen molar-refractivity contribution in [3.05, 3.63) is 83.6 Å². The molecule has 0 spiro atoms. The van der Waals surface area contributed by atoms with E-state index in [2.05, 4.69) is 35.8 Å². The Balaban J connectivity index is -0.000000278. The number of hydrogen-bond donors (Lipinski definition) is 2. The molecule has 4 rings (SSSR count). The van der Waals surface area contributed by atoms with Crippen LogP contribution in [-0.2, 0) is 23.9 Å². The summed E-state index contributed by atoms with van der Waals surface area (Å²) in [5.74, 6) is -0.225. The SMILES string of the molecule is COCCBr.COCCOc1ccc(C=O)c(F)c1.COCCOc1ccc2cn[nH]c2c1.O=CO[O-].O=Cc1ccc(O)cc1F.[H-].[K+].[K+]. The first-order valence-electron chi connectivity index (χ1n) is 13.4. The number of benzene rings is 3. The number of nitrogens with one attached hydrogen (secondary N) is 1. The van der Waals surface area contributed by atoms with Crippen LogP contribution in [-0.4, -0.2) is 94.0 Å². The van der Waals surface area contributed by atoms with Gasteiger partial charge in [0.2, 0.25) is 0 Å². The average molecular weight is 810 g/mol. The number of aromatic hydroxyl groups is 1. The Morgan fingerprint density at radius 1 is 0.796 bits per heavy atom. The maximum atomic E-state index is 13.0. The molecule has 13 nitrogen and oxygen atoms in total. The molecule has 0 bridgehead atoms. The van der Waals surface area contributed by atoms with Gasteiger partial charge in [-0.15, -0.1) is 0 Å². The molecule has 2 N–H and O–H groups in total. The topological polar surface area (TPSA) is 179 Å². The largest absolute Gasteiger partial charge is 1.00 e. The second kappa shape index (κ2) is 35.2. The van der Waals surface area contributed by atoms with E-state index in [1.807, 2.05) is 18.2 Å². The fourth-order valence-electron chi connectivity index (χ4n) is 2.87. The monoisotopic (exact) mass is 808 g/mol. The van der Waals surface area contributed by atoms with Crippen molar-refractivity contribution in [2.75, 3.05) is 59.7 Å². The molecule has 4 aromatic rings. The third-order valence-corrected chi connectivity index (χ3v) is 5.38. The van der Waals surface area contributed by atoms with Gasteiger partial charge in [-0.25, -0.2) is 8.78 Å². The number of aromatic nitrogens is 2. The Bertz CT molecular complexity index is 1440. The number of carbonyl (C=O) groups is 3. The van der Waals surface area contributed by atoms with Crippen molar-refractivity contribution in [3.8, 4) is 17.2 Å². The Morgan fingerprint density at radius 3 is 1.71 bits per heavy atom. The summed E-state index contributed by atoms with van der Waals surface area (Å²) in [6.07, 6.45) is 2.65. The van der Waals surface area contributed by atoms with Crippen molar-refractivity contribution < 1.29 is 166 Å². The van der Waals surface area contributed by atoms with E-state index in [1.54, 1.807) is 33.6 Å². The van der Waals surface area contributed by atoms with Gasteiger partial charge < -0.3 is 40.4 Å². The summed E-state index contributed by atoms with van der Waals surface area (Å²) in [5, 5.41) is 26.0. The summed E-state index contributed by atoms with van der Waals surface area (Å²) in [4.78, 5) is 31.6. The van der Waals surface area contributed by atoms with E-state index in [0.717, 1.165) is 34.7 Å². The Hall–Kier alpha value is -1.21. The quantitative estimate of drug-likeness (QED) is 0.0387. The molecule has 0 amide bonds. The Morgan fingerprint density at radius 2 is 1.29 bits per heavy atom. The predicted octanol–water partition coefficient (Wildman–Crippen LogP) is -1.82. The van der Waals surface area contributed by atoms with Crippen molar-refractivity contribution in [1.29, 1.82) is 0 Å². The molecule has 18 heteroatoms. The van der Waals surface area contributed by atoms with Crippen LogP contribution in [0.15, 0.2) is 60.8 Å². The average Bonchev–Trinajstić information content (AvgIpc) is 3.55. The van der Waals surface area contributed by atoms with E-state index < -0.39 is 11.6 Å². The molecule has 0 atom stereocenters. The van der Waals surface area contributed by atoms with E-state index in [4.69, 9.17) is 34.1 Å². The minimum absolute atomic E-state index is 0. The van der Waals surface area contributed by atoms with Crippen LogP contribution < -0.4 is 118 Å². The zero-order valence-electron chi connectivity index (χ0n) is 28.9. The van der Waals surface area contributed by atoms with Crippen molar-refractivity contribution in [1.82, 2.24) is 10.2 Å². The molecule has 1 heterocycles. The van der Waals surface area contributed by atoms with E-state index in [9.17, 15) is 18.4 Å². The van der Waals surface area contributed by atoms with Gasteiger partial charge in [0.25, 0.3) is 6.47 Å². The van der Waals surface area contributed by atoms with E-state index in [-0.39, 0.29) is 128 Å². The summed E-state index contributed by atoms with van der Waals surface area (Å²) in [6.45, 7) is 2.59. The molecule has 0 saturated carbocycles. The number of aldehydes is 2.